The van der Waals surface area contributed by atoms with Crippen LogP contribution in [0.25, 0.3) is 0 Å². The third-order valence-corrected chi connectivity index (χ3v) is 4.70. The van der Waals surface area contributed by atoms with Gasteiger partial charge in [-0.15, -0.1) is 0 Å². The molecule has 0 saturated carbocycles. The average Bonchev–Trinajstić information content (AvgIpc) is 2.65. The second-order valence-electron chi connectivity index (χ2n) is 5.17. The Labute approximate surface area is 172 Å². The molecule has 27 heavy (non-hydrogen) atoms. The van der Waals surface area contributed by atoms with Crippen molar-refractivity contribution in [3.8, 4) is 0 Å². The third kappa shape index (κ3) is 11.5. The monoisotopic (exact) mass is 582 g/mol. The molecule has 0 aliphatic heterocycles. The van der Waals surface area contributed by atoms with E-state index >= 15 is 0 Å². The van der Waals surface area contributed by atoms with Gasteiger partial charge in [-0.3, -0.25) is 0 Å². The summed E-state index contributed by atoms with van der Waals surface area (Å²) in [4.78, 5) is 57.1. The third-order valence-electron chi connectivity index (χ3n) is 3.11. The average molecular weight is 582 g/mol. The maximum absolute atomic E-state index is 12.0. The fraction of sp³-hybridized carbons (Fsp3) is 0.643. The van der Waals surface area contributed by atoms with Crippen LogP contribution in [0.3, 0.4) is 0 Å². The van der Waals surface area contributed by atoms with E-state index in [1.807, 2.05) is 0 Å². The zero-order valence-corrected chi connectivity index (χ0v) is 18.8. The Kier molecular flexibility index (Phi) is 13.3. The van der Waals surface area contributed by atoms with Gasteiger partial charge >= 0.3 is 172 Å². The van der Waals surface area contributed by atoms with Gasteiger partial charge in [-0.05, 0) is 0 Å². The first-order valence-electron chi connectivity index (χ1n) is 8.04. The number of carbonyl (C=O) groups excluding carboxylic acids is 4. The molecule has 0 aliphatic carbocycles. The molecule has 7 N–H and O–H groups in total. The molecule has 2 unspecified atom stereocenters. The van der Waals surface area contributed by atoms with E-state index in [2.05, 4.69) is 21.3 Å². The van der Waals surface area contributed by atoms with E-state index in [0.29, 0.717) is 29.7 Å². The number of ether oxygens (including phenoxy) is 1. The van der Waals surface area contributed by atoms with Gasteiger partial charge in [0, 0.05) is 0 Å². The molecule has 3 radical (unpaired) electrons. The molecule has 0 bridgehead atoms. The second kappa shape index (κ2) is 14.3. The van der Waals surface area contributed by atoms with Crippen molar-refractivity contribution in [1.82, 2.24) is 21.3 Å². The van der Waals surface area contributed by atoms with E-state index in [1.54, 1.807) is 6.92 Å². The summed E-state index contributed by atoms with van der Waals surface area (Å²) in [5.74, 6) is -3.30. The van der Waals surface area contributed by atoms with Gasteiger partial charge in [0.2, 0.25) is 0 Å². The minimum absolute atomic E-state index is 0.245. The van der Waals surface area contributed by atoms with Crippen LogP contribution >= 0.6 is 0 Å². The van der Waals surface area contributed by atoms with Crippen LogP contribution < -0.4 is 27.0 Å². The van der Waals surface area contributed by atoms with Gasteiger partial charge in [0.15, 0.2) is 0 Å². The van der Waals surface area contributed by atoms with Gasteiger partial charge in [0.05, 0.1) is 0 Å². The minimum atomic E-state index is -1.13. The number of carboxylic acids is 1. The molecule has 0 aromatic heterocycles. The number of aliphatic carboxylic acids is 1. The summed E-state index contributed by atoms with van der Waals surface area (Å²) in [6.07, 6.45) is -0.778. The summed E-state index contributed by atoms with van der Waals surface area (Å²) < 4.78 is 5.37. The van der Waals surface area contributed by atoms with E-state index in [1.165, 1.54) is 0 Å². The van der Waals surface area contributed by atoms with Crippen LogP contribution in [-0.2, 0) is 28.7 Å². The fourth-order valence-electron chi connectivity index (χ4n) is 1.65. The summed E-state index contributed by atoms with van der Waals surface area (Å²) in [7, 11) is 0. The summed E-state index contributed by atoms with van der Waals surface area (Å²) in [6, 6.07) is -0.820. The van der Waals surface area contributed by atoms with Crippen molar-refractivity contribution in [2.24, 2.45) is 5.73 Å². The van der Waals surface area contributed by atoms with Gasteiger partial charge < -0.3 is 0 Å². The molecule has 0 heterocycles. The molecule has 0 rings (SSSR count). The van der Waals surface area contributed by atoms with Crippen LogP contribution in [0.4, 0.5) is 0 Å². The van der Waals surface area contributed by atoms with Gasteiger partial charge in [-0.2, -0.15) is 0 Å². The Morgan fingerprint density at radius 2 is 1.67 bits per heavy atom. The summed E-state index contributed by atoms with van der Waals surface area (Å²) in [6.45, 7) is 0.416. The molecule has 0 aliphatic rings. The van der Waals surface area contributed by atoms with Crippen LogP contribution in [0, 0.1) is 0 Å². The topological polar surface area (TPSA) is 189 Å². The Hall–Kier alpha value is -1.81. The van der Waals surface area contributed by atoms with Crippen LogP contribution in [0.5, 0.6) is 0 Å². The number of carbonyl (C=O) groups is 5. The molecule has 0 saturated heterocycles. The van der Waals surface area contributed by atoms with Crippen molar-refractivity contribution in [1.29, 1.82) is 0 Å². The summed E-state index contributed by atoms with van der Waals surface area (Å²) in [5.41, 5.74) is 5.10. The molecule has 0 aromatic rings. The Morgan fingerprint density at radius 1 is 1.04 bits per heavy atom. The first-order chi connectivity index (χ1) is 12.7. The second-order valence-corrected chi connectivity index (χ2v) is 6.76. The van der Waals surface area contributed by atoms with Gasteiger partial charge in [0.1, 0.15) is 0 Å². The number of nitrogens with two attached hydrogens (primary N) is 1. The molecule has 0 aromatic carbocycles. The van der Waals surface area contributed by atoms with Crippen LogP contribution in [0.1, 0.15) is 13.3 Å². The van der Waals surface area contributed by atoms with Gasteiger partial charge in [-0.1, -0.05) is 0 Å². The Bertz CT molecular complexity index is 546. The van der Waals surface area contributed by atoms with E-state index in [4.69, 9.17) is 15.6 Å². The maximum atomic E-state index is 12.0. The number of amides is 4. The SMILES string of the molecule is CCC(OCNC(=O)CNC(=O)C([CH2][Pb])NC(=O)CNC(=O)CN)C(=O)O. The van der Waals surface area contributed by atoms with Gasteiger partial charge in [-0.25, -0.2) is 0 Å². The van der Waals surface area contributed by atoms with Gasteiger partial charge in [0.25, 0.3) is 0 Å². The zero-order valence-electron chi connectivity index (χ0n) is 14.9. The van der Waals surface area contributed by atoms with Crippen molar-refractivity contribution < 1.29 is 33.8 Å². The van der Waals surface area contributed by atoms with Crippen LogP contribution in [-0.4, -0.2) is 99.0 Å². The molecule has 151 valence electrons. The Balaban J connectivity index is 4.21. The molecular formula is C14H24N5O7Pb. The van der Waals surface area contributed by atoms with E-state index < -0.39 is 41.7 Å². The molecule has 0 fully saturated rings. The van der Waals surface area contributed by atoms with E-state index in [-0.39, 0.29) is 32.8 Å². The molecule has 0 spiro atoms. The number of hydrogen-bond acceptors (Lipinski definition) is 7. The molecule has 4 amide bonds. The number of nitrogens with one attached hydrogen (secondary N) is 4. The number of rotatable bonds is 13. The van der Waals surface area contributed by atoms with Crippen molar-refractivity contribution in [3.63, 3.8) is 0 Å². The van der Waals surface area contributed by atoms with Crippen molar-refractivity contribution in [2.45, 2.75) is 29.5 Å². The molecule has 13 heteroatoms. The quantitative estimate of drug-likeness (QED) is 0.0943. The van der Waals surface area contributed by atoms with E-state index in [0.717, 1.165) is 0 Å². The summed E-state index contributed by atoms with van der Waals surface area (Å²) in [5, 5.41) is 18.2. The van der Waals surface area contributed by atoms with Crippen LogP contribution in [0.2, 0.25) is 3.98 Å². The van der Waals surface area contributed by atoms with Crippen molar-refractivity contribution in [3.05, 3.63) is 0 Å². The van der Waals surface area contributed by atoms with E-state index in [9.17, 15) is 24.0 Å². The standard InChI is InChI=1S/C14H24N5O7.Pb/c1-3-9(14(24)25)26-7-18-11(21)5-17-13(23)8(2)19-12(22)6-16-10(20)4-15;/h8-9H,2-7,15H2,1H3,(H,16,20)(H,17,23)(H,18,21)(H,19,22)(H,24,25);. The predicted molar refractivity (Wildman–Crippen MR) is 93.4 cm³/mol. The number of hydrogen-bond donors (Lipinski definition) is 6. The molecule has 12 nitrogen and oxygen atoms in total. The number of carboxylic acid groups (broad SMARTS) is 1. The first-order valence-corrected chi connectivity index (χ1v) is 10.8. The Morgan fingerprint density at radius 3 is 2.19 bits per heavy atom. The zero-order chi connectivity index (χ0) is 20.8. The normalized spacial score (nSPS) is 12.4. The summed E-state index contributed by atoms with van der Waals surface area (Å²) >= 11 is 0.619. The first kappa shape index (κ1) is 25.2. The predicted octanol–water partition coefficient (Wildman–Crippen LogP) is -3.80. The van der Waals surface area contributed by atoms with Crippen molar-refractivity contribution >= 4 is 55.4 Å². The molecule has 2 atom stereocenters. The fourth-order valence-corrected chi connectivity index (χ4v) is 2.76. The molecular weight excluding hydrogens is 557 g/mol. The van der Waals surface area contributed by atoms with Crippen molar-refractivity contribution in [2.75, 3.05) is 26.4 Å². The van der Waals surface area contributed by atoms with Crippen LogP contribution in [0.15, 0.2) is 0 Å².